The number of allylic oxidation sites excluding steroid dienone is 1. The maximum atomic E-state index is 14.6. The summed E-state index contributed by atoms with van der Waals surface area (Å²) in [6.45, 7) is 6.98. The Labute approximate surface area is 193 Å². The van der Waals surface area contributed by atoms with Gasteiger partial charge in [-0.15, -0.1) is 0 Å². The SMILES string of the molecule is Cc1ccc(F)c2ccnc(N(C(=O)N3CCC(C4=CC(C)NO4)CC3)[C@@H]3CCCNC3)c12. The highest BCUT2D eigenvalue weighted by Crippen LogP contribution is 2.34. The normalized spacial score (nSPS) is 24.0. The van der Waals surface area contributed by atoms with Crippen LogP contribution in [0.25, 0.3) is 10.8 Å². The number of aromatic nitrogens is 1. The third-order valence-electron chi connectivity index (χ3n) is 7.08. The zero-order valence-corrected chi connectivity index (χ0v) is 19.3. The van der Waals surface area contributed by atoms with Crippen LogP contribution in [0.3, 0.4) is 0 Å². The number of pyridine rings is 1. The number of aryl methyl sites for hydroxylation is 1. The third-order valence-corrected chi connectivity index (χ3v) is 7.08. The van der Waals surface area contributed by atoms with Gasteiger partial charge in [0.05, 0.1) is 12.1 Å². The monoisotopic (exact) mass is 453 g/mol. The number of likely N-dealkylation sites (tertiary alicyclic amines) is 1. The molecule has 2 amide bonds. The van der Waals surface area contributed by atoms with E-state index < -0.39 is 0 Å². The molecule has 1 unspecified atom stereocenters. The van der Waals surface area contributed by atoms with Crippen molar-refractivity contribution in [2.75, 3.05) is 31.1 Å². The molecule has 0 bridgehead atoms. The molecule has 2 N–H and O–H groups in total. The van der Waals surface area contributed by atoms with Gasteiger partial charge < -0.3 is 15.1 Å². The first-order valence-electron chi connectivity index (χ1n) is 12.0. The van der Waals surface area contributed by atoms with Gasteiger partial charge in [0.25, 0.3) is 0 Å². The van der Waals surface area contributed by atoms with Gasteiger partial charge in [0.2, 0.25) is 0 Å². The van der Waals surface area contributed by atoms with Gasteiger partial charge in [-0.25, -0.2) is 14.2 Å². The van der Waals surface area contributed by atoms with E-state index in [1.807, 2.05) is 16.7 Å². The predicted octanol–water partition coefficient (Wildman–Crippen LogP) is 3.88. The summed E-state index contributed by atoms with van der Waals surface area (Å²) in [7, 11) is 0. The summed E-state index contributed by atoms with van der Waals surface area (Å²) in [6, 6.07) is 5.10. The summed E-state index contributed by atoms with van der Waals surface area (Å²) in [5.41, 5.74) is 3.90. The van der Waals surface area contributed by atoms with Crippen molar-refractivity contribution >= 4 is 22.6 Å². The number of fused-ring (bicyclic) bond motifs is 1. The van der Waals surface area contributed by atoms with Gasteiger partial charge in [-0.05, 0) is 69.8 Å². The van der Waals surface area contributed by atoms with E-state index in [4.69, 9.17) is 4.84 Å². The number of carbonyl (C=O) groups excluding carboxylic acids is 1. The Balaban J connectivity index is 1.45. The first-order valence-corrected chi connectivity index (χ1v) is 12.0. The Bertz CT molecular complexity index is 1060. The molecular weight excluding hydrogens is 421 g/mol. The molecule has 1 aromatic carbocycles. The highest BCUT2D eigenvalue weighted by Gasteiger charge is 2.35. The van der Waals surface area contributed by atoms with Crippen molar-refractivity contribution in [3.8, 4) is 0 Å². The molecule has 0 saturated carbocycles. The van der Waals surface area contributed by atoms with Crippen LogP contribution < -0.4 is 15.7 Å². The Hall–Kier alpha value is -2.71. The van der Waals surface area contributed by atoms with E-state index in [2.05, 4.69) is 28.8 Å². The molecule has 2 aromatic rings. The van der Waals surface area contributed by atoms with Crippen molar-refractivity contribution in [3.05, 3.63) is 47.6 Å². The lowest BCUT2D eigenvalue weighted by atomic mass is 9.94. The number of benzene rings is 1. The van der Waals surface area contributed by atoms with Gasteiger partial charge in [-0.3, -0.25) is 4.90 Å². The van der Waals surface area contributed by atoms with Crippen LogP contribution in [-0.2, 0) is 4.84 Å². The van der Waals surface area contributed by atoms with Crippen LogP contribution in [0.5, 0.6) is 0 Å². The van der Waals surface area contributed by atoms with Gasteiger partial charge in [-0.1, -0.05) is 6.07 Å². The zero-order chi connectivity index (χ0) is 22.9. The molecule has 4 heterocycles. The molecule has 0 radical (unpaired) electrons. The number of nitrogens with zero attached hydrogens (tertiary/aromatic N) is 3. The second kappa shape index (κ2) is 9.27. The minimum absolute atomic E-state index is 0.0179. The number of hydrogen-bond acceptors (Lipinski definition) is 5. The predicted molar refractivity (Wildman–Crippen MR) is 126 cm³/mol. The van der Waals surface area contributed by atoms with Crippen LogP contribution in [-0.4, -0.2) is 54.2 Å². The van der Waals surface area contributed by atoms with Crippen LogP contribution in [0.4, 0.5) is 15.0 Å². The highest BCUT2D eigenvalue weighted by molar-refractivity contribution is 6.03. The number of amides is 2. The Morgan fingerprint density at radius 3 is 2.76 bits per heavy atom. The van der Waals surface area contributed by atoms with Gasteiger partial charge >= 0.3 is 6.03 Å². The van der Waals surface area contributed by atoms with E-state index in [9.17, 15) is 9.18 Å². The van der Waals surface area contributed by atoms with E-state index in [0.29, 0.717) is 36.8 Å². The zero-order valence-electron chi connectivity index (χ0n) is 19.3. The molecular formula is C25H32FN5O2. The molecule has 3 aliphatic heterocycles. The van der Waals surface area contributed by atoms with E-state index >= 15 is 0 Å². The van der Waals surface area contributed by atoms with Crippen LogP contribution in [0.1, 0.15) is 38.2 Å². The summed E-state index contributed by atoms with van der Waals surface area (Å²) in [6.07, 6.45) is 7.34. The van der Waals surface area contributed by atoms with Crippen LogP contribution in [0.15, 0.2) is 36.2 Å². The summed E-state index contributed by atoms with van der Waals surface area (Å²) in [4.78, 5) is 28.0. The third kappa shape index (κ3) is 4.29. The van der Waals surface area contributed by atoms with E-state index in [-0.39, 0.29) is 23.9 Å². The number of hydroxylamine groups is 1. The number of piperidine rings is 2. The first-order chi connectivity index (χ1) is 16.0. The molecule has 0 aliphatic carbocycles. The van der Waals surface area contributed by atoms with Crippen molar-refractivity contribution in [2.24, 2.45) is 5.92 Å². The van der Waals surface area contributed by atoms with Gasteiger partial charge in [0, 0.05) is 42.5 Å². The van der Waals surface area contributed by atoms with Crippen molar-refractivity contribution < 1.29 is 14.0 Å². The summed E-state index contributed by atoms with van der Waals surface area (Å²) >= 11 is 0. The molecule has 176 valence electrons. The number of rotatable bonds is 3. The summed E-state index contributed by atoms with van der Waals surface area (Å²) in [5, 5.41) is 4.65. The quantitative estimate of drug-likeness (QED) is 0.738. The molecule has 8 heteroatoms. The fourth-order valence-corrected chi connectivity index (χ4v) is 5.27. The highest BCUT2D eigenvalue weighted by atomic mass is 19.1. The average Bonchev–Trinajstić information content (AvgIpc) is 3.29. The molecule has 1 aromatic heterocycles. The largest absolute Gasteiger partial charge is 0.413 e. The Morgan fingerprint density at radius 2 is 2.06 bits per heavy atom. The molecule has 2 atom stereocenters. The molecule has 7 nitrogen and oxygen atoms in total. The van der Waals surface area contributed by atoms with E-state index in [1.165, 1.54) is 6.07 Å². The minimum Gasteiger partial charge on any atom is -0.413 e. The van der Waals surface area contributed by atoms with Gasteiger partial charge in [-0.2, -0.15) is 5.48 Å². The van der Waals surface area contributed by atoms with E-state index in [0.717, 1.165) is 48.9 Å². The summed E-state index contributed by atoms with van der Waals surface area (Å²) < 4.78 is 14.6. The van der Waals surface area contributed by atoms with Crippen LogP contribution in [0.2, 0.25) is 0 Å². The smallest absolute Gasteiger partial charge is 0.325 e. The van der Waals surface area contributed by atoms with E-state index in [1.54, 1.807) is 18.3 Å². The van der Waals surface area contributed by atoms with Crippen LogP contribution in [0, 0.1) is 18.7 Å². The molecule has 33 heavy (non-hydrogen) atoms. The topological polar surface area (TPSA) is 69.7 Å². The lowest BCUT2D eigenvalue weighted by Gasteiger charge is -2.40. The fraction of sp³-hybridized carbons (Fsp3) is 0.520. The van der Waals surface area contributed by atoms with Crippen molar-refractivity contribution in [2.45, 2.75) is 51.6 Å². The van der Waals surface area contributed by atoms with Crippen molar-refractivity contribution in [1.29, 1.82) is 0 Å². The number of anilines is 1. The average molecular weight is 454 g/mol. The first kappa shape index (κ1) is 22.1. The van der Waals surface area contributed by atoms with Gasteiger partial charge in [0.15, 0.2) is 0 Å². The Morgan fingerprint density at radius 1 is 1.24 bits per heavy atom. The number of nitrogens with one attached hydrogen (secondary N) is 2. The second-order valence-corrected chi connectivity index (χ2v) is 9.41. The lowest BCUT2D eigenvalue weighted by Crippen LogP contribution is -2.55. The van der Waals surface area contributed by atoms with Crippen molar-refractivity contribution in [1.82, 2.24) is 20.7 Å². The number of carbonyl (C=O) groups is 1. The molecule has 0 spiro atoms. The van der Waals surface area contributed by atoms with Crippen LogP contribution >= 0.6 is 0 Å². The molecule has 5 rings (SSSR count). The standard InChI is InChI=1S/C25H32FN5O2/c1-16-5-6-21(26)20-7-11-28-24(23(16)20)31(19-4-3-10-27-15-19)25(32)30-12-8-18(9-13-30)22-14-17(2)29-33-22/h5-7,11,14,17-19,27,29H,3-4,8-10,12-13,15H2,1-2H3/t17?,19-/m1/s1. The maximum absolute atomic E-state index is 14.6. The molecule has 3 aliphatic rings. The number of halogens is 1. The minimum atomic E-state index is -0.290. The summed E-state index contributed by atoms with van der Waals surface area (Å²) in [5.74, 6) is 1.58. The van der Waals surface area contributed by atoms with Crippen molar-refractivity contribution in [3.63, 3.8) is 0 Å². The Kier molecular flexibility index (Phi) is 6.21. The lowest BCUT2D eigenvalue weighted by molar-refractivity contribution is 0.0824. The molecule has 2 fully saturated rings. The maximum Gasteiger partial charge on any atom is 0.325 e. The molecule has 2 saturated heterocycles. The second-order valence-electron chi connectivity index (χ2n) is 9.41. The number of hydrogen-bond donors (Lipinski definition) is 2. The number of urea groups is 1. The fourth-order valence-electron chi connectivity index (χ4n) is 5.27. The van der Waals surface area contributed by atoms with Gasteiger partial charge in [0.1, 0.15) is 17.4 Å².